The number of anilines is 4. The molecular weight excluding hydrogens is 368 g/mol. The molecule has 0 saturated heterocycles. The molecule has 7 heteroatoms. The first kappa shape index (κ1) is 15.9. The lowest BCUT2D eigenvalue weighted by Crippen LogP contribution is -2.03. The molecule has 1 aromatic heterocycles. The summed E-state index contributed by atoms with van der Waals surface area (Å²) in [5.41, 5.74) is 3.16. The Morgan fingerprint density at radius 2 is 1.92 bits per heavy atom. The van der Waals surface area contributed by atoms with E-state index in [1.807, 2.05) is 43.3 Å². The molecule has 0 aliphatic rings. The van der Waals surface area contributed by atoms with Crippen molar-refractivity contribution in [2.24, 2.45) is 0 Å². The van der Waals surface area contributed by atoms with Crippen LogP contribution < -0.4 is 10.6 Å². The summed E-state index contributed by atoms with van der Waals surface area (Å²) in [6.07, 6.45) is 1.51. The lowest BCUT2D eigenvalue weighted by molar-refractivity contribution is 0.981. The summed E-state index contributed by atoms with van der Waals surface area (Å²) < 4.78 is 1.01. The number of nitriles is 1. The lowest BCUT2D eigenvalue weighted by Gasteiger charge is -2.10. The number of rotatable bonds is 4. The third-order valence-corrected chi connectivity index (χ3v) is 3.80. The van der Waals surface area contributed by atoms with Crippen molar-refractivity contribution < 1.29 is 0 Å². The number of halogens is 1. The van der Waals surface area contributed by atoms with Gasteiger partial charge in [-0.1, -0.05) is 28.1 Å². The van der Waals surface area contributed by atoms with Gasteiger partial charge in [-0.2, -0.15) is 15.3 Å². The van der Waals surface area contributed by atoms with Crippen LogP contribution in [0.5, 0.6) is 0 Å². The van der Waals surface area contributed by atoms with Crippen LogP contribution in [-0.4, -0.2) is 15.2 Å². The van der Waals surface area contributed by atoms with E-state index in [9.17, 15) is 0 Å². The van der Waals surface area contributed by atoms with Gasteiger partial charge in [0.05, 0.1) is 17.4 Å². The second-order valence-corrected chi connectivity index (χ2v) is 5.95. The lowest BCUT2D eigenvalue weighted by atomic mass is 10.2. The van der Waals surface area contributed by atoms with Gasteiger partial charge < -0.3 is 10.6 Å². The van der Waals surface area contributed by atoms with Crippen LogP contribution in [0.15, 0.2) is 53.1 Å². The zero-order chi connectivity index (χ0) is 16.9. The summed E-state index contributed by atoms with van der Waals surface area (Å²) in [7, 11) is 0. The van der Waals surface area contributed by atoms with Crippen molar-refractivity contribution in [1.82, 2.24) is 15.2 Å². The van der Waals surface area contributed by atoms with Gasteiger partial charge in [-0.25, -0.2) is 0 Å². The molecule has 0 amide bonds. The Bertz CT molecular complexity index is 919. The molecule has 0 unspecified atom stereocenters. The molecule has 0 spiro atoms. The van der Waals surface area contributed by atoms with Gasteiger partial charge in [0, 0.05) is 10.2 Å². The van der Waals surface area contributed by atoms with Crippen molar-refractivity contribution in [3.8, 4) is 6.07 Å². The van der Waals surface area contributed by atoms with Gasteiger partial charge >= 0.3 is 0 Å². The molecule has 24 heavy (non-hydrogen) atoms. The number of benzene rings is 2. The maximum Gasteiger partial charge on any atom is 0.249 e. The number of para-hydroxylation sites is 1. The van der Waals surface area contributed by atoms with Crippen LogP contribution in [0, 0.1) is 18.3 Å². The fourth-order valence-electron chi connectivity index (χ4n) is 2.13. The van der Waals surface area contributed by atoms with Crippen LogP contribution in [0.4, 0.5) is 23.1 Å². The molecule has 0 saturated carbocycles. The highest BCUT2D eigenvalue weighted by Gasteiger charge is 2.06. The summed E-state index contributed by atoms with van der Waals surface area (Å²) >= 11 is 3.44. The van der Waals surface area contributed by atoms with Crippen molar-refractivity contribution in [2.45, 2.75) is 6.92 Å². The smallest absolute Gasteiger partial charge is 0.249 e. The third-order valence-electron chi connectivity index (χ3n) is 3.30. The molecule has 0 aliphatic carbocycles. The molecule has 6 nitrogen and oxygen atoms in total. The standard InChI is InChI=1S/C17H13BrN6/c1-11-8-13(18)6-7-14(11)22-17-23-16(10-20-24-17)21-15-5-3-2-4-12(15)9-19/h2-8,10H,1H3,(H2,21,22,23,24). The van der Waals surface area contributed by atoms with E-state index in [2.05, 4.69) is 47.8 Å². The van der Waals surface area contributed by atoms with E-state index in [0.717, 1.165) is 15.7 Å². The van der Waals surface area contributed by atoms with Crippen molar-refractivity contribution in [3.63, 3.8) is 0 Å². The zero-order valence-corrected chi connectivity index (χ0v) is 14.4. The molecule has 2 aromatic carbocycles. The van der Waals surface area contributed by atoms with E-state index in [4.69, 9.17) is 5.26 Å². The number of nitrogens with zero attached hydrogens (tertiary/aromatic N) is 4. The molecule has 0 radical (unpaired) electrons. The van der Waals surface area contributed by atoms with E-state index in [1.54, 1.807) is 6.07 Å². The van der Waals surface area contributed by atoms with Gasteiger partial charge in [0.25, 0.3) is 0 Å². The molecule has 0 bridgehead atoms. The fraction of sp³-hybridized carbons (Fsp3) is 0.0588. The quantitative estimate of drug-likeness (QED) is 0.701. The molecule has 1 heterocycles. The Balaban J connectivity index is 1.83. The Morgan fingerprint density at radius 1 is 1.08 bits per heavy atom. The molecule has 0 fully saturated rings. The van der Waals surface area contributed by atoms with E-state index in [1.165, 1.54) is 6.20 Å². The fourth-order valence-corrected chi connectivity index (χ4v) is 2.61. The molecule has 118 valence electrons. The van der Waals surface area contributed by atoms with Crippen molar-refractivity contribution in [2.75, 3.05) is 10.6 Å². The Kier molecular flexibility index (Phi) is 4.68. The van der Waals surface area contributed by atoms with E-state index in [0.29, 0.717) is 23.0 Å². The molecule has 3 aromatic rings. The summed E-state index contributed by atoms with van der Waals surface area (Å²) in [5, 5.41) is 23.3. The number of aromatic nitrogens is 3. The predicted octanol–water partition coefficient (Wildman–Crippen LogP) is 4.30. The number of nitrogens with one attached hydrogen (secondary N) is 2. The second-order valence-electron chi connectivity index (χ2n) is 5.03. The van der Waals surface area contributed by atoms with Crippen molar-refractivity contribution in [1.29, 1.82) is 5.26 Å². The van der Waals surface area contributed by atoms with E-state index in [-0.39, 0.29) is 0 Å². The van der Waals surface area contributed by atoms with Crippen LogP contribution in [-0.2, 0) is 0 Å². The van der Waals surface area contributed by atoms with Gasteiger partial charge in [0.15, 0.2) is 5.82 Å². The van der Waals surface area contributed by atoms with Gasteiger partial charge in [-0.15, -0.1) is 5.10 Å². The molecule has 0 atom stereocenters. The van der Waals surface area contributed by atoms with Crippen LogP contribution in [0.25, 0.3) is 0 Å². The minimum absolute atomic E-state index is 0.375. The minimum atomic E-state index is 0.375. The minimum Gasteiger partial charge on any atom is -0.338 e. The maximum atomic E-state index is 9.14. The van der Waals surface area contributed by atoms with Gasteiger partial charge in [-0.3, -0.25) is 0 Å². The number of hydrogen-bond donors (Lipinski definition) is 2. The highest BCUT2D eigenvalue weighted by molar-refractivity contribution is 9.10. The average Bonchev–Trinajstić information content (AvgIpc) is 2.58. The van der Waals surface area contributed by atoms with Gasteiger partial charge in [0.1, 0.15) is 6.07 Å². The topological polar surface area (TPSA) is 86.5 Å². The van der Waals surface area contributed by atoms with Crippen LogP contribution >= 0.6 is 15.9 Å². The molecule has 2 N–H and O–H groups in total. The van der Waals surface area contributed by atoms with Crippen molar-refractivity contribution in [3.05, 3.63) is 64.3 Å². The monoisotopic (exact) mass is 380 g/mol. The predicted molar refractivity (Wildman–Crippen MR) is 96.4 cm³/mol. The van der Waals surface area contributed by atoms with Crippen LogP contribution in [0.3, 0.4) is 0 Å². The van der Waals surface area contributed by atoms with Crippen molar-refractivity contribution >= 4 is 39.1 Å². The Labute approximate surface area is 147 Å². The Morgan fingerprint density at radius 3 is 2.71 bits per heavy atom. The summed E-state index contributed by atoms with van der Waals surface area (Å²) in [6.45, 7) is 1.99. The van der Waals surface area contributed by atoms with Crippen LogP contribution in [0.2, 0.25) is 0 Å². The normalized spacial score (nSPS) is 10.0. The highest BCUT2D eigenvalue weighted by Crippen LogP contribution is 2.23. The number of hydrogen-bond acceptors (Lipinski definition) is 6. The largest absolute Gasteiger partial charge is 0.338 e. The first-order chi connectivity index (χ1) is 11.7. The van der Waals surface area contributed by atoms with Gasteiger partial charge in [0.2, 0.25) is 5.95 Å². The zero-order valence-electron chi connectivity index (χ0n) is 12.8. The van der Waals surface area contributed by atoms with E-state index < -0.39 is 0 Å². The summed E-state index contributed by atoms with van der Waals surface area (Å²) in [4.78, 5) is 4.39. The first-order valence-corrected chi connectivity index (χ1v) is 7.94. The Hall–Kier alpha value is -2.98. The summed E-state index contributed by atoms with van der Waals surface area (Å²) in [5.74, 6) is 0.879. The molecular formula is C17H13BrN6. The highest BCUT2D eigenvalue weighted by atomic mass is 79.9. The average molecular weight is 381 g/mol. The molecule has 0 aliphatic heterocycles. The van der Waals surface area contributed by atoms with E-state index >= 15 is 0 Å². The first-order valence-electron chi connectivity index (χ1n) is 7.15. The number of aryl methyl sites for hydroxylation is 1. The van der Waals surface area contributed by atoms with Crippen LogP contribution in [0.1, 0.15) is 11.1 Å². The maximum absolute atomic E-state index is 9.14. The molecule has 3 rings (SSSR count). The van der Waals surface area contributed by atoms with Gasteiger partial charge in [-0.05, 0) is 42.8 Å². The third kappa shape index (κ3) is 3.67. The SMILES string of the molecule is Cc1cc(Br)ccc1Nc1nncc(Nc2ccccc2C#N)n1. The summed E-state index contributed by atoms with van der Waals surface area (Å²) in [6, 6.07) is 15.2. The second kappa shape index (κ2) is 7.06.